The lowest BCUT2D eigenvalue weighted by Gasteiger charge is -2.15. The predicted molar refractivity (Wildman–Crippen MR) is 75.5 cm³/mol. The molecule has 1 heterocycles. The highest BCUT2D eigenvalue weighted by molar-refractivity contribution is 7.09. The van der Waals surface area contributed by atoms with Gasteiger partial charge in [0, 0.05) is 11.9 Å². The molecule has 1 aromatic heterocycles. The average molecular weight is 297 g/mol. The van der Waals surface area contributed by atoms with Crippen molar-refractivity contribution in [3.05, 3.63) is 16.1 Å². The van der Waals surface area contributed by atoms with Gasteiger partial charge in [0.25, 0.3) is 5.91 Å². The molecule has 1 aliphatic rings. The summed E-state index contributed by atoms with van der Waals surface area (Å²) < 4.78 is 0. The number of nitrogens with zero attached hydrogens (tertiary/aromatic N) is 1. The van der Waals surface area contributed by atoms with Crippen LogP contribution in [0.1, 0.15) is 47.7 Å². The third-order valence-electron chi connectivity index (χ3n) is 3.65. The molecule has 110 valence electrons. The normalized spacial score (nSPS) is 23.5. The minimum absolute atomic E-state index is 0.0167. The lowest BCUT2D eigenvalue weighted by atomic mass is 9.96. The Morgan fingerprint density at radius 2 is 2.35 bits per heavy atom. The summed E-state index contributed by atoms with van der Waals surface area (Å²) in [5.41, 5.74) is 6.06. The highest BCUT2D eigenvalue weighted by Gasteiger charge is 2.33. The zero-order valence-corrected chi connectivity index (χ0v) is 12.2. The molecule has 0 aromatic carbocycles. The quantitative estimate of drug-likeness (QED) is 0.761. The Labute approximate surface area is 121 Å². The van der Waals surface area contributed by atoms with Gasteiger partial charge in [-0.25, -0.2) is 4.98 Å². The van der Waals surface area contributed by atoms with Gasteiger partial charge < -0.3 is 16.2 Å². The van der Waals surface area contributed by atoms with Crippen molar-refractivity contribution in [1.82, 2.24) is 10.3 Å². The second-order valence-electron chi connectivity index (χ2n) is 5.21. The van der Waals surface area contributed by atoms with Crippen LogP contribution in [0.15, 0.2) is 5.38 Å². The lowest BCUT2D eigenvalue weighted by Crippen LogP contribution is -2.33. The number of hydrogen-bond acceptors (Lipinski definition) is 5. The maximum absolute atomic E-state index is 12.0. The lowest BCUT2D eigenvalue weighted by molar-refractivity contribution is -0.142. The van der Waals surface area contributed by atoms with E-state index in [1.807, 2.05) is 6.92 Å². The molecule has 1 aromatic rings. The molecule has 6 nitrogen and oxygen atoms in total. The Morgan fingerprint density at radius 3 is 2.95 bits per heavy atom. The van der Waals surface area contributed by atoms with E-state index in [1.165, 1.54) is 11.3 Å². The van der Waals surface area contributed by atoms with Gasteiger partial charge in [0.05, 0.1) is 12.0 Å². The number of aromatic nitrogens is 1. The molecule has 1 aliphatic carbocycles. The zero-order chi connectivity index (χ0) is 14.7. The van der Waals surface area contributed by atoms with Crippen LogP contribution in [-0.4, -0.2) is 28.5 Å². The van der Waals surface area contributed by atoms with Crippen LogP contribution in [0.3, 0.4) is 0 Å². The SMILES string of the molecule is CC(N)c1nc(C(=O)NCC2CCCC2C(=O)O)cs1. The molecule has 0 radical (unpaired) electrons. The summed E-state index contributed by atoms with van der Waals surface area (Å²) >= 11 is 1.36. The van der Waals surface area contributed by atoms with E-state index in [-0.39, 0.29) is 23.8 Å². The minimum Gasteiger partial charge on any atom is -0.481 e. The first-order valence-corrected chi connectivity index (χ1v) is 7.59. The number of carbonyl (C=O) groups is 2. The van der Waals surface area contributed by atoms with Crippen molar-refractivity contribution >= 4 is 23.2 Å². The molecule has 1 fully saturated rings. The van der Waals surface area contributed by atoms with Crippen LogP contribution in [0.2, 0.25) is 0 Å². The number of amides is 1. The maximum atomic E-state index is 12.0. The van der Waals surface area contributed by atoms with E-state index in [9.17, 15) is 9.59 Å². The fraction of sp³-hybridized carbons (Fsp3) is 0.615. The molecule has 4 N–H and O–H groups in total. The Bertz CT molecular complexity index is 501. The summed E-state index contributed by atoms with van der Waals surface area (Å²) in [4.78, 5) is 27.2. The molecule has 7 heteroatoms. The maximum Gasteiger partial charge on any atom is 0.306 e. The number of rotatable bonds is 5. The number of aliphatic carboxylic acids is 1. The van der Waals surface area contributed by atoms with Crippen LogP contribution >= 0.6 is 11.3 Å². The van der Waals surface area contributed by atoms with Gasteiger partial charge in [0.15, 0.2) is 0 Å². The standard InChI is InChI=1S/C13H19N3O3S/c1-7(14)12-16-10(6-20-12)11(17)15-5-8-3-2-4-9(8)13(18)19/h6-9H,2-5,14H2,1H3,(H,15,17)(H,18,19). The molecule has 0 aliphatic heterocycles. The van der Waals surface area contributed by atoms with Crippen molar-refractivity contribution < 1.29 is 14.7 Å². The minimum atomic E-state index is -0.769. The first-order valence-electron chi connectivity index (χ1n) is 6.71. The Kier molecular flexibility index (Phi) is 4.72. The highest BCUT2D eigenvalue weighted by atomic mass is 32.1. The predicted octanol–water partition coefficient (Wildman–Crippen LogP) is 1.39. The third kappa shape index (κ3) is 3.34. The molecule has 3 unspecified atom stereocenters. The molecule has 20 heavy (non-hydrogen) atoms. The van der Waals surface area contributed by atoms with Gasteiger partial charge in [-0.2, -0.15) is 0 Å². The molecule has 2 rings (SSSR count). The van der Waals surface area contributed by atoms with Crippen molar-refractivity contribution in [3.8, 4) is 0 Å². The fourth-order valence-electron chi connectivity index (χ4n) is 2.52. The summed E-state index contributed by atoms with van der Waals surface area (Å²) in [5, 5.41) is 14.3. The second kappa shape index (κ2) is 6.32. The molecular formula is C13H19N3O3S. The zero-order valence-electron chi connectivity index (χ0n) is 11.3. The number of nitrogens with one attached hydrogen (secondary N) is 1. The summed E-state index contributed by atoms with van der Waals surface area (Å²) in [6.07, 6.45) is 2.45. The smallest absolute Gasteiger partial charge is 0.306 e. The Hall–Kier alpha value is -1.47. The van der Waals surface area contributed by atoms with Crippen LogP contribution in [-0.2, 0) is 4.79 Å². The van der Waals surface area contributed by atoms with Crippen molar-refractivity contribution in [1.29, 1.82) is 0 Å². The van der Waals surface area contributed by atoms with Gasteiger partial charge >= 0.3 is 5.97 Å². The first kappa shape index (κ1) is 14.9. The van der Waals surface area contributed by atoms with E-state index in [0.29, 0.717) is 18.7 Å². The number of carbonyl (C=O) groups excluding carboxylic acids is 1. The van der Waals surface area contributed by atoms with E-state index in [4.69, 9.17) is 10.8 Å². The van der Waals surface area contributed by atoms with Crippen LogP contribution < -0.4 is 11.1 Å². The molecule has 0 spiro atoms. The summed E-state index contributed by atoms with van der Waals surface area (Å²) in [5.74, 6) is -1.35. The van der Waals surface area contributed by atoms with Crippen LogP contribution in [0.4, 0.5) is 0 Å². The number of nitrogens with two attached hydrogens (primary N) is 1. The molecule has 1 saturated carbocycles. The van der Waals surface area contributed by atoms with Crippen molar-refractivity contribution in [2.24, 2.45) is 17.6 Å². The Morgan fingerprint density at radius 1 is 1.60 bits per heavy atom. The molecule has 0 saturated heterocycles. The van der Waals surface area contributed by atoms with Crippen molar-refractivity contribution in [3.63, 3.8) is 0 Å². The third-order valence-corrected chi connectivity index (χ3v) is 4.69. The van der Waals surface area contributed by atoms with E-state index in [1.54, 1.807) is 5.38 Å². The van der Waals surface area contributed by atoms with Crippen LogP contribution in [0.5, 0.6) is 0 Å². The van der Waals surface area contributed by atoms with Gasteiger partial charge in [-0.15, -0.1) is 11.3 Å². The second-order valence-corrected chi connectivity index (χ2v) is 6.10. The summed E-state index contributed by atoms with van der Waals surface area (Å²) in [6, 6.07) is -0.187. The van der Waals surface area contributed by atoms with Crippen molar-refractivity contribution in [2.45, 2.75) is 32.2 Å². The highest BCUT2D eigenvalue weighted by Crippen LogP contribution is 2.31. The molecular weight excluding hydrogens is 278 g/mol. The molecule has 1 amide bonds. The number of carboxylic acids is 1. The van der Waals surface area contributed by atoms with Crippen LogP contribution in [0, 0.1) is 11.8 Å². The van der Waals surface area contributed by atoms with Crippen LogP contribution in [0.25, 0.3) is 0 Å². The van der Waals surface area contributed by atoms with E-state index in [0.717, 1.165) is 17.8 Å². The van der Waals surface area contributed by atoms with E-state index >= 15 is 0 Å². The monoisotopic (exact) mass is 297 g/mol. The summed E-state index contributed by atoms with van der Waals surface area (Å²) in [6.45, 7) is 2.21. The number of hydrogen-bond donors (Lipinski definition) is 3. The summed E-state index contributed by atoms with van der Waals surface area (Å²) in [7, 11) is 0. The fourth-order valence-corrected chi connectivity index (χ4v) is 3.28. The topological polar surface area (TPSA) is 105 Å². The van der Waals surface area contributed by atoms with Gasteiger partial charge in [0.1, 0.15) is 10.7 Å². The van der Waals surface area contributed by atoms with Gasteiger partial charge in [-0.05, 0) is 25.7 Å². The largest absolute Gasteiger partial charge is 0.481 e. The molecule has 3 atom stereocenters. The molecule has 0 bridgehead atoms. The number of thiazole rings is 1. The van der Waals surface area contributed by atoms with Gasteiger partial charge in [0.2, 0.25) is 0 Å². The average Bonchev–Trinajstić information content (AvgIpc) is 3.04. The van der Waals surface area contributed by atoms with Crippen molar-refractivity contribution in [2.75, 3.05) is 6.54 Å². The van der Waals surface area contributed by atoms with E-state index < -0.39 is 5.97 Å². The van der Waals surface area contributed by atoms with Gasteiger partial charge in [-0.1, -0.05) is 6.42 Å². The van der Waals surface area contributed by atoms with E-state index in [2.05, 4.69) is 10.3 Å². The van der Waals surface area contributed by atoms with Gasteiger partial charge in [-0.3, -0.25) is 9.59 Å². The Balaban J connectivity index is 1.90. The first-order chi connectivity index (χ1) is 9.49. The number of carboxylic acid groups (broad SMARTS) is 1.